The molecule has 0 aromatic carbocycles. The van der Waals surface area contributed by atoms with Crippen LogP contribution in [0.15, 0.2) is 28.8 Å². The lowest BCUT2D eigenvalue weighted by Crippen LogP contribution is -2.55. The van der Waals surface area contributed by atoms with Crippen molar-refractivity contribution in [2.24, 2.45) is 4.99 Å². The molecule has 0 saturated carbocycles. The van der Waals surface area contributed by atoms with Gasteiger partial charge in [-0.2, -0.15) is 4.99 Å². The second-order valence-electron chi connectivity index (χ2n) is 6.72. The highest BCUT2D eigenvalue weighted by Crippen LogP contribution is 2.26. The molecule has 27 heavy (non-hydrogen) atoms. The summed E-state index contributed by atoms with van der Waals surface area (Å²) in [6.07, 6.45) is 3.11. The van der Waals surface area contributed by atoms with Crippen LogP contribution in [0.4, 0.5) is 18.8 Å². The number of fused-ring (bicyclic) bond motifs is 1. The van der Waals surface area contributed by atoms with E-state index in [-0.39, 0.29) is 17.3 Å². The number of carbonyl (C=O) groups is 4. The van der Waals surface area contributed by atoms with Gasteiger partial charge in [0.25, 0.3) is 5.91 Å². The summed E-state index contributed by atoms with van der Waals surface area (Å²) >= 11 is 0. The third-order valence-electron chi connectivity index (χ3n) is 5.10. The fourth-order valence-electron chi connectivity index (χ4n) is 3.69. The molecule has 2 fully saturated rings. The zero-order valence-corrected chi connectivity index (χ0v) is 14.4. The molecule has 3 aliphatic heterocycles. The molecule has 4 aliphatic rings. The largest absolute Gasteiger partial charge is 0.351 e. The number of rotatable bonds is 1. The second-order valence-corrected chi connectivity index (χ2v) is 6.72. The van der Waals surface area contributed by atoms with Crippen LogP contribution in [0.2, 0.25) is 0 Å². The molecule has 10 heteroatoms. The Kier molecular flexibility index (Phi) is 4.25. The topological polar surface area (TPSA) is 102 Å². The summed E-state index contributed by atoms with van der Waals surface area (Å²) in [5.74, 6) is -0.555. The van der Waals surface area contributed by atoms with Crippen LogP contribution >= 0.6 is 0 Å². The predicted octanol–water partition coefficient (Wildman–Crippen LogP) is 0.834. The fourth-order valence-corrected chi connectivity index (χ4v) is 3.69. The Morgan fingerprint density at radius 2 is 1.93 bits per heavy atom. The minimum absolute atomic E-state index is 0.0943. The Morgan fingerprint density at radius 1 is 1.19 bits per heavy atom. The number of allylic oxidation sites excluding steroid dienone is 3. The third kappa shape index (κ3) is 3.00. The molecular weight excluding hydrogens is 357 g/mol. The Balaban J connectivity index is 1.44. The number of hydrogen-bond acceptors (Lipinski definition) is 4. The molecular formula is C17H18FN5O4. The average molecular weight is 375 g/mol. The van der Waals surface area contributed by atoms with Gasteiger partial charge in [0.1, 0.15) is 6.17 Å². The first kappa shape index (κ1) is 17.4. The first-order valence-corrected chi connectivity index (χ1v) is 8.80. The van der Waals surface area contributed by atoms with E-state index in [9.17, 15) is 23.6 Å². The van der Waals surface area contributed by atoms with E-state index in [0.717, 1.165) is 15.9 Å². The second kappa shape index (κ2) is 6.60. The molecule has 1 atom stereocenters. The molecule has 2 saturated heterocycles. The molecule has 4 rings (SSSR count). The molecule has 142 valence electrons. The van der Waals surface area contributed by atoms with Gasteiger partial charge in [0.05, 0.1) is 11.3 Å². The van der Waals surface area contributed by atoms with E-state index in [1.165, 1.54) is 17.1 Å². The molecule has 7 amide bonds. The molecule has 0 aromatic heterocycles. The maximum Gasteiger partial charge on any atom is 0.351 e. The minimum Gasteiger partial charge on any atom is -0.336 e. The van der Waals surface area contributed by atoms with Crippen LogP contribution in [0.1, 0.15) is 12.8 Å². The molecule has 3 heterocycles. The number of aliphatic imine (C=N–C) groups is 1. The quantitative estimate of drug-likeness (QED) is 0.733. The van der Waals surface area contributed by atoms with Crippen LogP contribution in [0.25, 0.3) is 0 Å². The van der Waals surface area contributed by atoms with Crippen molar-refractivity contribution in [2.75, 3.05) is 26.2 Å². The van der Waals surface area contributed by atoms with E-state index in [0.29, 0.717) is 39.0 Å². The van der Waals surface area contributed by atoms with E-state index in [1.54, 1.807) is 0 Å². The number of imide groups is 2. The number of piperidine rings is 1. The fraction of sp³-hybridized carbons (Fsp3) is 0.471. The summed E-state index contributed by atoms with van der Waals surface area (Å²) in [4.78, 5) is 56.7. The van der Waals surface area contributed by atoms with Gasteiger partial charge >= 0.3 is 18.1 Å². The summed E-state index contributed by atoms with van der Waals surface area (Å²) in [6.45, 7) is 1.37. The Bertz CT molecular complexity index is 812. The number of urea groups is 3. The Labute approximate surface area is 154 Å². The number of hydrogen-bond donors (Lipinski definition) is 1. The van der Waals surface area contributed by atoms with Gasteiger partial charge in [-0.1, -0.05) is 0 Å². The highest BCUT2D eigenvalue weighted by Gasteiger charge is 2.40. The van der Waals surface area contributed by atoms with Crippen LogP contribution in [0, 0.1) is 0 Å². The molecule has 1 aliphatic carbocycles. The van der Waals surface area contributed by atoms with Crippen molar-refractivity contribution < 1.29 is 23.6 Å². The van der Waals surface area contributed by atoms with Crippen molar-refractivity contribution in [3.8, 4) is 0 Å². The van der Waals surface area contributed by atoms with E-state index < -0.39 is 30.2 Å². The molecule has 0 bridgehead atoms. The van der Waals surface area contributed by atoms with Gasteiger partial charge in [-0.25, -0.2) is 23.7 Å². The van der Waals surface area contributed by atoms with E-state index in [2.05, 4.69) is 10.3 Å². The van der Waals surface area contributed by atoms with Gasteiger partial charge in [-0.05, 0) is 31.1 Å². The number of nitrogens with zero attached hydrogens (tertiary/aromatic N) is 4. The number of nitrogens with one attached hydrogen (secondary N) is 1. The monoisotopic (exact) mass is 375 g/mol. The summed E-state index contributed by atoms with van der Waals surface area (Å²) in [5, 5.41) is 2.58. The molecule has 0 aromatic rings. The van der Waals surface area contributed by atoms with Crippen LogP contribution in [0.3, 0.4) is 0 Å². The number of alkyl halides is 1. The predicted molar refractivity (Wildman–Crippen MR) is 91.9 cm³/mol. The van der Waals surface area contributed by atoms with Crippen molar-refractivity contribution in [3.63, 3.8) is 0 Å². The van der Waals surface area contributed by atoms with Crippen molar-refractivity contribution in [3.05, 3.63) is 23.8 Å². The van der Waals surface area contributed by atoms with Crippen LogP contribution in [-0.2, 0) is 4.79 Å². The van der Waals surface area contributed by atoms with Crippen LogP contribution in [-0.4, -0.2) is 82.8 Å². The van der Waals surface area contributed by atoms with E-state index in [4.69, 9.17) is 0 Å². The molecule has 9 nitrogen and oxygen atoms in total. The lowest BCUT2D eigenvalue weighted by atomic mass is 9.96. The van der Waals surface area contributed by atoms with Crippen molar-refractivity contribution in [1.82, 2.24) is 20.0 Å². The first-order valence-electron chi connectivity index (χ1n) is 8.80. The Morgan fingerprint density at radius 3 is 2.59 bits per heavy atom. The summed E-state index contributed by atoms with van der Waals surface area (Å²) < 4.78 is 13.6. The summed E-state index contributed by atoms with van der Waals surface area (Å²) in [7, 11) is 0. The highest BCUT2D eigenvalue weighted by molar-refractivity contribution is 6.33. The normalized spacial score (nSPS) is 26.0. The first-order chi connectivity index (χ1) is 13.0. The maximum atomic E-state index is 13.6. The van der Waals surface area contributed by atoms with E-state index in [1.807, 2.05) is 0 Å². The minimum atomic E-state index is -1.39. The van der Waals surface area contributed by atoms with Gasteiger partial charge in [0.15, 0.2) is 0 Å². The van der Waals surface area contributed by atoms with Crippen molar-refractivity contribution in [2.45, 2.75) is 25.1 Å². The van der Waals surface area contributed by atoms with Gasteiger partial charge in [-0.3, -0.25) is 9.69 Å². The number of likely N-dealkylation sites (tertiary alicyclic amines) is 1. The molecule has 1 N–H and O–H groups in total. The Hall–Kier alpha value is -3.04. The maximum absolute atomic E-state index is 13.6. The van der Waals surface area contributed by atoms with Gasteiger partial charge in [0.2, 0.25) is 0 Å². The lowest BCUT2D eigenvalue weighted by molar-refractivity contribution is -0.126. The zero-order valence-electron chi connectivity index (χ0n) is 14.4. The third-order valence-corrected chi connectivity index (χ3v) is 5.10. The van der Waals surface area contributed by atoms with Crippen LogP contribution in [0.5, 0.6) is 0 Å². The SMILES string of the molecule is O=C1NCCN1C(=O)N1CCC(N2C(=O)N=C3C=CC(F)C=C3C2=O)CC1. The molecule has 0 radical (unpaired) electrons. The molecule has 1 unspecified atom stereocenters. The average Bonchev–Trinajstić information content (AvgIpc) is 3.08. The summed E-state index contributed by atoms with van der Waals surface area (Å²) in [6, 6.07) is -1.88. The smallest absolute Gasteiger partial charge is 0.336 e. The standard InChI is InChI=1S/C17H18FN5O4/c18-10-1-2-13-12(9-10)14(24)23(16(26)20-13)11-3-6-21(7-4-11)17(27)22-8-5-19-15(22)25/h1-2,9-11H,3-8H2,(H,19,25). The van der Waals surface area contributed by atoms with Gasteiger partial charge in [0, 0.05) is 32.2 Å². The van der Waals surface area contributed by atoms with Crippen molar-refractivity contribution >= 4 is 29.7 Å². The van der Waals surface area contributed by atoms with Crippen LogP contribution < -0.4 is 5.32 Å². The van der Waals surface area contributed by atoms with Gasteiger partial charge in [-0.15, -0.1) is 0 Å². The lowest BCUT2D eigenvalue weighted by Gasteiger charge is -2.39. The van der Waals surface area contributed by atoms with Gasteiger partial charge < -0.3 is 10.2 Å². The highest BCUT2D eigenvalue weighted by atomic mass is 19.1. The number of carbonyl (C=O) groups excluding carboxylic acids is 4. The zero-order chi connectivity index (χ0) is 19.1. The number of halogens is 1. The number of amides is 7. The summed E-state index contributed by atoms with van der Waals surface area (Å²) in [5.41, 5.74) is 0.277. The molecule has 0 spiro atoms. The van der Waals surface area contributed by atoms with Crippen molar-refractivity contribution in [1.29, 1.82) is 0 Å². The van der Waals surface area contributed by atoms with E-state index >= 15 is 0 Å².